The van der Waals surface area contributed by atoms with Crippen LogP contribution >= 0.6 is 0 Å². The van der Waals surface area contributed by atoms with Gasteiger partial charge in [0.15, 0.2) is 0 Å². The van der Waals surface area contributed by atoms with Crippen LogP contribution in [0.4, 0.5) is 8.78 Å². The van der Waals surface area contributed by atoms with Crippen molar-refractivity contribution in [3.05, 3.63) is 53.1 Å². The number of nitrogens with one attached hydrogen (secondary N) is 1. The van der Waals surface area contributed by atoms with Gasteiger partial charge in [-0.15, -0.1) is 0 Å². The molecule has 110 valence electrons. The van der Waals surface area contributed by atoms with E-state index in [2.05, 4.69) is 5.32 Å². The summed E-state index contributed by atoms with van der Waals surface area (Å²) in [6.07, 6.45) is 1.77. The zero-order valence-corrected chi connectivity index (χ0v) is 12.0. The molecule has 2 nitrogen and oxygen atoms in total. The first-order valence-electron chi connectivity index (χ1n) is 6.98. The molecule has 0 heterocycles. The molecule has 3 rings (SSSR count). The highest BCUT2D eigenvalue weighted by molar-refractivity contribution is 5.71. The van der Waals surface area contributed by atoms with Gasteiger partial charge in [-0.3, -0.25) is 0 Å². The van der Waals surface area contributed by atoms with Crippen LogP contribution in [-0.2, 0) is 6.42 Å². The monoisotopic (exact) mass is 289 g/mol. The Hall–Kier alpha value is -1.94. The molecule has 0 amide bonds. The topological polar surface area (TPSA) is 21.3 Å². The van der Waals surface area contributed by atoms with Crippen molar-refractivity contribution >= 4 is 0 Å². The lowest BCUT2D eigenvalue weighted by atomic mass is 9.95. The van der Waals surface area contributed by atoms with Crippen LogP contribution in [0.15, 0.2) is 30.3 Å². The predicted octanol–water partition coefficient (Wildman–Crippen LogP) is 3.85. The SMILES string of the molecule is CNC1CCc2c(-c3c(F)cc(OC)cc3F)cccc21. The third kappa shape index (κ3) is 2.29. The maximum atomic E-state index is 14.3. The highest BCUT2D eigenvalue weighted by Crippen LogP contribution is 2.39. The van der Waals surface area contributed by atoms with E-state index in [0.717, 1.165) is 24.0 Å². The van der Waals surface area contributed by atoms with Crippen LogP contribution in [0, 0.1) is 11.6 Å². The van der Waals surface area contributed by atoms with E-state index < -0.39 is 11.6 Å². The number of fused-ring (bicyclic) bond motifs is 1. The van der Waals surface area contributed by atoms with Gasteiger partial charge in [-0.1, -0.05) is 18.2 Å². The minimum atomic E-state index is -0.590. The molecule has 0 bridgehead atoms. The van der Waals surface area contributed by atoms with E-state index in [-0.39, 0.29) is 17.4 Å². The molecule has 0 aliphatic heterocycles. The molecule has 1 aliphatic carbocycles. The molecule has 4 heteroatoms. The van der Waals surface area contributed by atoms with Crippen LogP contribution in [0.2, 0.25) is 0 Å². The van der Waals surface area contributed by atoms with E-state index in [4.69, 9.17) is 4.74 Å². The second kappa shape index (κ2) is 5.45. The average molecular weight is 289 g/mol. The molecule has 0 saturated heterocycles. The van der Waals surface area contributed by atoms with E-state index in [0.29, 0.717) is 5.56 Å². The van der Waals surface area contributed by atoms with Crippen molar-refractivity contribution in [2.45, 2.75) is 18.9 Å². The van der Waals surface area contributed by atoms with Gasteiger partial charge >= 0.3 is 0 Å². The summed E-state index contributed by atoms with van der Waals surface area (Å²) in [5.41, 5.74) is 2.83. The first kappa shape index (κ1) is 14.0. The second-order valence-corrected chi connectivity index (χ2v) is 5.22. The fraction of sp³-hybridized carbons (Fsp3) is 0.294. The minimum absolute atomic E-state index is 0.0319. The lowest BCUT2D eigenvalue weighted by Crippen LogP contribution is -2.12. The van der Waals surface area contributed by atoms with Gasteiger partial charge in [-0.2, -0.15) is 0 Å². The normalized spacial score (nSPS) is 16.9. The van der Waals surface area contributed by atoms with Gasteiger partial charge in [-0.05, 0) is 36.6 Å². The van der Waals surface area contributed by atoms with Gasteiger partial charge in [0.1, 0.15) is 17.4 Å². The van der Waals surface area contributed by atoms with Gasteiger partial charge in [0.2, 0.25) is 0 Å². The smallest absolute Gasteiger partial charge is 0.137 e. The fourth-order valence-corrected chi connectivity index (χ4v) is 3.11. The fourth-order valence-electron chi connectivity index (χ4n) is 3.11. The molecular formula is C17H17F2NO. The standard InChI is InChI=1S/C17H17F2NO/c1-20-16-7-6-11-12(16)4-3-5-13(11)17-14(18)8-10(21-2)9-15(17)19/h3-5,8-9,16,20H,6-7H2,1-2H3. The van der Waals surface area contributed by atoms with E-state index >= 15 is 0 Å². The predicted molar refractivity (Wildman–Crippen MR) is 78.5 cm³/mol. The van der Waals surface area contributed by atoms with Crippen LogP contribution in [0.1, 0.15) is 23.6 Å². The molecule has 1 N–H and O–H groups in total. The summed E-state index contributed by atoms with van der Waals surface area (Å²) in [6.45, 7) is 0. The van der Waals surface area contributed by atoms with E-state index in [1.165, 1.54) is 19.2 Å². The van der Waals surface area contributed by atoms with Crippen LogP contribution in [0.25, 0.3) is 11.1 Å². The largest absolute Gasteiger partial charge is 0.497 e. The van der Waals surface area contributed by atoms with Crippen LogP contribution in [0.3, 0.4) is 0 Å². The Morgan fingerprint density at radius 1 is 1.19 bits per heavy atom. The van der Waals surface area contributed by atoms with Crippen molar-refractivity contribution in [1.82, 2.24) is 5.32 Å². The molecule has 1 unspecified atom stereocenters. The zero-order valence-electron chi connectivity index (χ0n) is 12.0. The molecule has 1 aliphatic rings. The molecule has 0 spiro atoms. The minimum Gasteiger partial charge on any atom is -0.497 e. The lowest BCUT2D eigenvalue weighted by molar-refractivity contribution is 0.407. The summed E-state index contributed by atoms with van der Waals surface area (Å²) < 4.78 is 33.5. The Balaban J connectivity index is 2.17. The highest BCUT2D eigenvalue weighted by Gasteiger charge is 2.26. The number of halogens is 2. The third-order valence-corrected chi connectivity index (χ3v) is 4.14. The zero-order chi connectivity index (χ0) is 15.0. The van der Waals surface area contributed by atoms with E-state index in [9.17, 15) is 8.78 Å². The quantitative estimate of drug-likeness (QED) is 0.926. The molecule has 21 heavy (non-hydrogen) atoms. The maximum Gasteiger partial charge on any atom is 0.137 e. The Bertz CT molecular complexity index is 661. The van der Waals surface area contributed by atoms with Gasteiger partial charge in [-0.25, -0.2) is 8.78 Å². The first-order valence-corrected chi connectivity index (χ1v) is 6.98. The van der Waals surface area contributed by atoms with Crippen LogP contribution in [-0.4, -0.2) is 14.2 Å². The van der Waals surface area contributed by atoms with E-state index in [1.54, 1.807) is 6.07 Å². The van der Waals surface area contributed by atoms with Crippen molar-refractivity contribution in [1.29, 1.82) is 0 Å². The molecule has 0 saturated carbocycles. The lowest BCUT2D eigenvalue weighted by Gasteiger charge is -2.14. The van der Waals surface area contributed by atoms with Crippen molar-refractivity contribution in [3.63, 3.8) is 0 Å². The molecule has 2 aromatic rings. The van der Waals surface area contributed by atoms with Crippen molar-refractivity contribution in [2.75, 3.05) is 14.2 Å². The molecular weight excluding hydrogens is 272 g/mol. The molecule has 0 fully saturated rings. The number of hydrogen-bond donors (Lipinski definition) is 1. The summed E-state index contributed by atoms with van der Waals surface area (Å²) in [4.78, 5) is 0. The van der Waals surface area contributed by atoms with Crippen molar-refractivity contribution in [2.24, 2.45) is 0 Å². The molecule has 0 aromatic heterocycles. The maximum absolute atomic E-state index is 14.3. The summed E-state index contributed by atoms with van der Waals surface area (Å²) in [6, 6.07) is 8.36. The second-order valence-electron chi connectivity index (χ2n) is 5.22. The average Bonchev–Trinajstić information content (AvgIpc) is 2.90. The van der Waals surface area contributed by atoms with Crippen LogP contribution < -0.4 is 10.1 Å². The van der Waals surface area contributed by atoms with Crippen molar-refractivity contribution in [3.8, 4) is 16.9 Å². The molecule has 0 radical (unpaired) electrons. The molecule has 2 aromatic carbocycles. The summed E-state index contributed by atoms with van der Waals surface area (Å²) in [7, 11) is 3.30. The highest BCUT2D eigenvalue weighted by atomic mass is 19.1. The molecule has 1 atom stereocenters. The third-order valence-electron chi connectivity index (χ3n) is 4.14. The Morgan fingerprint density at radius 3 is 2.52 bits per heavy atom. The Labute approximate surface area is 122 Å². The van der Waals surface area contributed by atoms with Gasteiger partial charge in [0.05, 0.1) is 12.7 Å². The van der Waals surface area contributed by atoms with E-state index in [1.807, 2.05) is 19.2 Å². The Morgan fingerprint density at radius 2 is 1.90 bits per heavy atom. The Kier molecular flexibility index (Phi) is 3.64. The summed E-state index contributed by atoms with van der Waals surface area (Å²) in [5, 5.41) is 3.24. The number of rotatable bonds is 3. The summed E-state index contributed by atoms with van der Waals surface area (Å²) in [5.74, 6) is -0.990. The van der Waals surface area contributed by atoms with Crippen LogP contribution in [0.5, 0.6) is 5.75 Å². The van der Waals surface area contributed by atoms with Crippen molar-refractivity contribution < 1.29 is 13.5 Å². The first-order chi connectivity index (χ1) is 10.2. The van der Waals surface area contributed by atoms with Gasteiger partial charge in [0, 0.05) is 18.2 Å². The van der Waals surface area contributed by atoms with Gasteiger partial charge in [0.25, 0.3) is 0 Å². The van der Waals surface area contributed by atoms with Gasteiger partial charge < -0.3 is 10.1 Å². The number of hydrogen-bond acceptors (Lipinski definition) is 2. The number of benzene rings is 2. The summed E-state index contributed by atoms with van der Waals surface area (Å²) >= 11 is 0. The number of ether oxygens (including phenoxy) is 1. The number of methoxy groups -OCH3 is 1.